The van der Waals surface area contributed by atoms with Crippen LogP contribution in [0.25, 0.3) is 0 Å². The molecule has 1 saturated heterocycles. The molecule has 0 saturated carbocycles. The van der Waals surface area contributed by atoms with Crippen molar-refractivity contribution >= 4 is 27.7 Å². The molecule has 27 heavy (non-hydrogen) atoms. The lowest BCUT2D eigenvalue weighted by molar-refractivity contribution is -0.122. The largest absolute Gasteiger partial charge is 0.457 e. The Morgan fingerprint density at radius 3 is 2.37 bits per heavy atom. The molecule has 1 aliphatic heterocycles. The molecule has 1 aromatic carbocycles. The lowest BCUT2D eigenvalue weighted by Crippen LogP contribution is -2.60. The zero-order valence-electron chi connectivity index (χ0n) is 15.0. The molecule has 144 valence electrons. The predicted molar refractivity (Wildman–Crippen MR) is 104 cm³/mol. The lowest BCUT2D eigenvalue weighted by atomic mass is 10.0. The van der Waals surface area contributed by atoms with Crippen LogP contribution >= 0.6 is 11.8 Å². The number of amides is 1. The van der Waals surface area contributed by atoms with Gasteiger partial charge >= 0.3 is 0 Å². The number of benzene rings is 1. The number of carbonyl (C=O) groups excluding carboxylic acids is 1. The number of carbonyl (C=O) groups is 1. The first-order chi connectivity index (χ1) is 12.7. The monoisotopic (exact) mass is 407 g/mol. The summed E-state index contributed by atoms with van der Waals surface area (Å²) in [6.45, 7) is 3.90. The van der Waals surface area contributed by atoms with Gasteiger partial charge in [-0.05, 0) is 50.2 Å². The van der Waals surface area contributed by atoms with Crippen molar-refractivity contribution in [2.45, 2.75) is 29.5 Å². The normalized spacial score (nSPS) is 20.1. The zero-order valence-corrected chi connectivity index (χ0v) is 16.7. The van der Waals surface area contributed by atoms with E-state index < -0.39 is 26.7 Å². The Bertz CT molecular complexity index is 915. The minimum Gasteiger partial charge on any atom is -0.457 e. The number of hydrogen-bond donors (Lipinski definition) is 1. The highest BCUT2D eigenvalue weighted by molar-refractivity contribution is 8.00. The van der Waals surface area contributed by atoms with Crippen LogP contribution in [0.3, 0.4) is 0 Å². The van der Waals surface area contributed by atoms with Crippen molar-refractivity contribution in [3.05, 3.63) is 48.8 Å². The van der Waals surface area contributed by atoms with Crippen LogP contribution in [-0.2, 0) is 14.8 Å². The van der Waals surface area contributed by atoms with E-state index in [1.807, 2.05) is 13.8 Å². The molecule has 1 amide bonds. The van der Waals surface area contributed by atoms with Crippen LogP contribution in [0.1, 0.15) is 13.8 Å². The number of thioether (sulfide) groups is 1. The molecule has 0 bridgehead atoms. The standard InChI is InChI=1S/C18H21N3O4S2/c1-18(2)16(17(19)22)21(11-12-26-18)27(23,24)15-5-3-13(4-6-15)25-14-7-9-20-10-8-14/h3-10,16H,11-12H2,1-2H3,(H2,19,22)/t16-/m1/s1. The molecule has 0 unspecified atom stereocenters. The Labute approximate surface area is 163 Å². The fraction of sp³-hybridized carbons (Fsp3) is 0.333. The fourth-order valence-electron chi connectivity index (χ4n) is 3.05. The summed E-state index contributed by atoms with van der Waals surface area (Å²) in [5, 5.41) is 0. The smallest absolute Gasteiger partial charge is 0.243 e. The second kappa shape index (κ2) is 7.49. The Morgan fingerprint density at radius 1 is 1.19 bits per heavy atom. The maximum absolute atomic E-state index is 13.1. The highest BCUT2D eigenvalue weighted by Gasteiger charge is 2.47. The molecule has 2 N–H and O–H groups in total. The molecule has 9 heteroatoms. The number of aromatic nitrogens is 1. The van der Waals surface area contributed by atoms with Gasteiger partial charge in [0.25, 0.3) is 0 Å². The first-order valence-electron chi connectivity index (χ1n) is 8.35. The van der Waals surface area contributed by atoms with Crippen LogP contribution in [-0.4, -0.2) is 46.7 Å². The van der Waals surface area contributed by atoms with E-state index in [1.165, 1.54) is 16.4 Å². The van der Waals surface area contributed by atoms with Gasteiger partial charge in [0.2, 0.25) is 15.9 Å². The van der Waals surface area contributed by atoms with Gasteiger partial charge in [0.15, 0.2) is 0 Å². The topological polar surface area (TPSA) is 103 Å². The summed E-state index contributed by atoms with van der Waals surface area (Å²) in [5.41, 5.74) is 5.53. The fourth-order valence-corrected chi connectivity index (χ4v) is 6.18. The molecular weight excluding hydrogens is 386 g/mol. The van der Waals surface area contributed by atoms with E-state index in [4.69, 9.17) is 10.5 Å². The van der Waals surface area contributed by atoms with Crippen LogP contribution in [0.5, 0.6) is 11.5 Å². The zero-order chi connectivity index (χ0) is 19.7. The van der Waals surface area contributed by atoms with Gasteiger partial charge in [0, 0.05) is 29.4 Å². The van der Waals surface area contributed by atoms with Crippen LogP contribution in [0, 0.1) is 0 Å². The quantitative estimate of drug-likeness (QED) is 0.815. The SMILES string of the molecule is CC1(C)SCCN(S(=O)(=O)c2ccc(Oc3ccncc3)cc2)[C@@H]1C(N)=O. The second-order valence-corrected chi connectivity index (χ2v) is 10.3. The summed E-state index contributed by atoms with van der Waals surface area (Å²) in [7, 11) is -3.86. The number of nitrogens with zero attached hydrogens (tertiary/aromatic N) is 2. The van der Waals surface area contributed by atoms with Crippen molar-refractivity contribution in [3.8, 4) is 11.5 Å². The summed E-state index contributed by atoms with van der Waals surface area (Å²) in [6.07, 6.45) is 3.21. The van der Waals surface area contributed by atoms with Crippen molar-refractivity contribution < 1.29 is 17.9 Å². The maximum atomic E-state index is 13.1. The third kappa shape index (κ3) is 4.10. The summed E-state index contributed by atoms with van der Waals surface area (Å²) in [4.78, 5) is 16.0. The van der Waals surface area contributed by atoms with E-state index in [2.05, 4.69) is 4.98 Å². The average molecular weight is 408 g/mol. The van der Waals surface area contributed by atoms with Crippen molar-refractivity contribution in [3.63, 3.8) is 0 Å². The third-order valence-corrected chi connectivity index (χ3v) is 7.55. The second-order valence-electron chi connectivity index (χ2n) is 6.63. The molecule has 1 fully saturated rings. The number of primary amides is 1. The average Bonchev–Trinajstić information content (AvgIpc) is 2.61. The van der Waals surface area contributed by atoms with E-state index in [9.17, 15) is 13.2 Å². The highest BCUT2D eigenvalue weighted by atomic mass is 32.2. The van der Waals surface area contributed by atoms with Crippen molar-refractivity contribution in [1.29, 1.82) is 0 Å². The van der Waals surface area contributed by atoms with Gasteiger partial charge in [0.05, 0.1) is 4.90 Å². The minimum absolute atomic E-state index is 0.0959. The molecule has 0 aliphatic carbocycles. The van der Waals surface area contributed by atoms with Gasteiger partial charge in [-0.2, -0.15) is 16.1 Å². The van der Waals surface area contributed by atoms with Gasteiger partial charge in [-0.3, -0.25) is 9.78 Å². The van der Waals surface area contributed by atoms with Crippen LogP contribution in [0.2, 0.25) is 0 Å². The predicted octanol–water partition coefficient (Wildman–Crippen LogP) is 2.24. The molecule has 1 aliphatic rings. The Balaban J connectivity index is 1.87. The third-order valence-electron chi connectivity index (χ3n) is 4.32. The molecule has 1 atom stereocenters. The summed E-state index contributed by atoms with van der Waals surface area (Å²) in [6, 6.07) is 8.60. The van der Waals surface area contributed by atoms with Gasteiger partial charge in [-0.25, -0.2) is 8.42 Å². The molecule has 0 spiro atoms. The summed E-state index contributed by atoms with van der Waals surface area (Å²) >= 11 is 1.54. The first-order valence-corrected chi connectivity index (χ1v) is 10.8. The molecule has 0 radical (unpaired) electrons. The van der Waals surface area contributed by atoms with E-state index in [1.54, 1.807) is 48.4 Å². The van der Waals surface area contributed by atoms with Gasteiger partial charge in [-0.1, -0.05) is 0 Å². The number of rotatable bonds is 5. The van der Waals surface area contributed by atoms with E-state index in [0.29, 0.717) is 17.3 Å². The molecule has 1 aromatic heterocycles. The molecule has 2 heterocycles. The highest BCUT2D eigenvalue weighted by Crippen LogP contribution is 2.38. The van der Waals surface area contributed by atoms with Crippen LogP contribution in [0.4, 0.5) is 0 Å². The van der Waals surface area contributed by atoms with E-state index >= 15 is 0 Å². The minimum atomic E-state index is -3.86. The van der Waals surface area contributed by atoms with Gasteiger partial charge in [0.1, 0.15) is 17.5 Å². The Morgan fingerprint density at radius 2 is 1.78 bits per heavy atom. The molecule has 7 nitrogen and oxygen atoms in total. The first kappa shape index (κ1) is 19.7. The summed E-state index contributed by atoms with van der Waals surface area (Å²) < 4.78 is 32.5. The molecule has 3 rings (SSSR count). The maximum Gasteiger partial charge on any atom is 0.243 e. The van der Waals surface area contributed by atoms with Crippen molar-refractivity contribution in [1.82, 2.24) is 9.29 Å². The van der Waals surface area contributed by atoms with Gasteiger partial charge in [-0.15, -0.1) is 0 Å². The number of nitrogens with two attached hydrogens (primary N) is 1. The van der Waals surface area contributed by atoms with Gasteiger partial charge < -0.3 is 10.5 Å². The molecule has 2 aromatic rings. The lowest BCUT2D eigenvalue weighted by Gasteiger charge is -2.43. The van der Waals surface area contributed by atoms with Crippen molar-refractivity contribution in [2.75, 3.05) is 12.3 Å². The Hall–Kier alpha value is -2.10. The number of pyridine rings is 1. The van der Waals surface area contributed by atoms with Crippen molar-refractivity contribution in [2.24, 2.45) is 5.73 Å². The number of hydrogen-bond acceptors (Lipinski definition) is 6. The van der Waals surface area contributed by atoms with Crippen LogP contribution in [0.15, 0.2) is 53.7 Å². The number of sulfonamides is 1. The Kier molecular flexibility index (Phi) is 5.45. The summed E-state index contributed by atoms with van der Waals surface area (Å²) in [5.74, 6) is 1.05. The number of ether oxygens (including phenoxy) is 1. The van der Waals surface area contributed by atoms with Crippen LogP contribution < -0.4 is 10.5 Å². The van der Waals surface area contributed by atoms with E-state index in [0.717, 1.165) is 0 Å². The van der Waals surface area contributed by atoms with E-state index in [-0.39, 0.29) is 11.4 Å². The molecular formula is C18H21N3O4S2.